The summed E-state index contributed by atoms with van der Waals surface area (Å²) in [6.45, 7) is 1.56. The Kier molecular flexibility index (Phi) is 5.06. The van der Waals surface area contributed by atoms with E-state index in [1.807, 2.05) is 54.6 Å². The summed E-state index contributed by atoms with van der Waals surface area (Å²) in [7, 11) is 1.65. The number of rotatable bonds is 4. The lowest BCUT2D eigenvalue weighted by Crippen LogP contribution is -2.37. The van der Waals surface area contributed by atoms with E-state index in [4.69, 9.17) is 16.3 Å². The molecule has 0 saturated heterocycles. The van der Waals surface area contributed by atoms with Crippen LogP contribution in [0.15, 0.2) is 54.6 Å². The van der Waals surface area contributed by atoms with Crippen LogP contribution in [0.1, 0.15) is 16.6 Å². The lowest BCUT2D eigenvalue weighted by Gasteiger charge is -2.21. The van der Waals surface area contributed by atoms with Crippen molar-refractivity contribution >= 4 is 50.6 Å². The Morgan fingerprint density at radius 1 is 1.08 bits per heavy atom. The van der Waals surface area contributed by atoms with Gasteiger partial charge in [0, 0.05) is 22.8 Å². The molecule has 0 radical (unpaired) electrons. The Morgan fingerprint density at radius 2 is 1.72 bits per heavy atom. The van der Waals surface area contributed by atoms with E-state index in [0.29, 0.717) is 9.90 Å². The Labute approximate surface area is 154 Å². The first kappa shape index (κ1) is 17.5. The highest BCUT2D eigenvalue weighted by atomic mass is 35.5. The standard InChI is InChI=1S/C19H16ClNO3S/c1-12(18(22)21(2)13-8-4-3-5-9-13)24-19(23)17-16(20)14-10-6-7-11-15(14)25-17/h3-12H,1-2H3/t12-/m1/s1. The molecular weight excluding hydrogens is 358 g/mol. The highest BCUT2D eigenvalue weighted by Gasteiger charge is 2.25. The Morgan fingerprint density at radius 3 is 2.40 bits per heavy atom. The van der Waals surface area contributed by atoms with Crippen molar-refractivity contribution in [3.05, 3.63) is 64.5 Å². The number of carbonyl (C=O) groups is 2. The number of benzene rings is 2. The van der Waals surface area contributed by atoms with Gasteiger partial charge in [-0.2, -0.15) is 0 Å². The fourth-order valence-corrected chi connectivity index (χ4v) is 3.85. The summed E-state index contributed by atoms with van der Waals surface area (Å²) in [6.07, 6.45) is -0.918. The molecule has 1 amide bonds. The fraction of sp³-hybridized carbons (Fsp3) is 0.158. The molecule has 0 bridgehead atoms. The number of carbonyl (C=O) groups excluding carboxylic acids is 2. The molecular formula is C19H16ClNO3S. The van der Waals surface area contributed by atoms with Gasteiger partial charge in [-0.3, -0.25) is 4.79 Å². The molecule has 3 aromatic rings. The molecule has 0 spiro atoms. The van der Waals surface area contributed by atoms with Gasteiger partial charge in [0.1, 0.15) is 4.88 Å². The first-order chi connectivity index (χ1) is 12.0. The number of likely N-dealkylation sites (N-methyl/N-ethyl adjacent to an activating group) is 1. The van der Waals surface area contributed by atoms with Crippen LogP contribution in [0.4, 0.5) is 5.69 Å². The molecule has 0 aliphatic rings. The summed E-state index contributed by atoms with van der Waals surface area (Å²) in [5.41, 5.74) is 0.732. The fourth-order valence-electron chi connectivity index (χ4n) is 2.46. The molecule has 0 saturated carbocycles. The van der Waals surface area contributed by atoms with E-state index in [0.717, 1.165) is 15.8 Å². The lowest BCUT2D eigenvalue weighted by atomic mass is 10.2. The van der Waals surface area contributed by atoms with E-state index in [9.17, 15) is 9.59 Å². The number of esters is 1. The maximum atomic E-state index is 12.5. The molecule has 0 unspecified atom stereocenters. The summed E-state index contributed by atoms with van der Waals surface area (Å²) in [5, 5.41) is 1.17. The highest BCUT2D eigenvalue weighted by molar-refractivity contribution is 7.21. The second-order valence-electron chi connectivity index (χ2n) is 5.52. The van der Waals surface area contributed by atoms with E-state index < -0.39 is 12.1 Å². The van der Waals surface area contributed by atoms with Crippen LogP contribution in [0, 0.1) is 0 Å². The average molecular weight is 374 g/mol. The third-order valence-electron chi connectivity index (χ3n) is 3.83. The van der Waals surface area contributed by atoms with Crippen molar-refractivity contribution in [1.82, 2.24) is 0 Å². The van der Waals surface area contributed by atoms with Crippen molar-refractivity contribution in [3.8, 4) is 0 Å². The third-order valence-corrected chi connectivity index (χ3v) is 5.48. The van der Waals surface area contributed by atoms with Crippen LogP contribution < -0.4 is 4.90 Å². The normalized spacial score (nSPS) is 12.0. The maximum absolute atomic E-state index is 12.5. The molecule has 0 N–H and O–H groups in total. The van der Waals surface area contributed by atoms with E-state index in [1.165, 1.54) is 16.2 Å². The van der Waals surface area contributed by atoms with Crippen molar-refractivity contribution < 1.29 is 14.3 Å². The minimum Gasteiger partial charge on any atom is -0.448 e. The van der Waals surface area contributed by atoms with Crippen LogP contribution in [-0.4, -0.2) is 25.0 Å². The van der Waals surface area contributed by atoms with E-state index in [1.54, 1.807) is 14.0 Å². The maximum Gasteiger partial charge on any atom is 0.350 e. The van der Waals surface area contributed by atoms with Crippen LogP contribution in [0.25, 0.3) is 10.1 Å². The van der Waals surface area contributed by atoms with Gasteiger partial charge in [0.2, 0.25) is 0 Å². The van der Waals surface area contributed by atoms with Gasteiger partial charge in [-0.05, 0) is 25.1 Å². The zero-order valence-corrected chi connectivity index (χ0v) is 15.3. The molecule has 1 atom stereocenters. The molecule has 1 heterocycles. The van der Waals surface area contributed by atoms with Gasteiger partial charge in [-0.1, -0.05) is 48.0 Å². The van der Waals surface area contributed by atoms with Crippen molar-refractivity contribution in [2.75, 3.05) is 11.9 Å². The van der Waals surface area contributed by atoms with Crippen LogP contribution in [-0.2, 0) is 9.53 Å². The topological polar surface area (TPSA) is 46.6 Å². The van der Waals surface area contributed by atoms with E-state index >= 15 is 0 Å². The second-order valence-corrected chi connectivity index (χ2v) is 6.95. The number of amides is 1. The molecule has 25 heavy (non-hydrogen) atoms. The van der Waals surface area contributed by atoms with Crippen LogP contribution in [0.3, 0.4) is 0 Å². The van der Waals surface area contributed by atoms with Crippen molar-refractivity contribution in [1.29, 1.82) is 0 Å². The van der Waals surface area contributed by atoms with Gasteiger partial charge >= 0.3 is 5.97 Å². The largest absolute Gasteiger partial charge is 0.448 e. The van der Waals surface area contributed by atoms with Gasteiger partial charge in [0.05, 0.1) is 5.02 Å². The number of nitrogens with zero attached hydrogens (tertiary/aromatic N) is 1. The third kappa shape index (κ3) is 3.52. The molecule has 0 aliphatic heterocycles. The Bertz CT molecular complexity index is 923. The van der Waals surface area contributed by atoms with E-state index in [2.05, 4.69) is 0 Å². The monoisotopic (exact) mass is 373 g/mol. The molecule has 0 fully saturated rings. The Hall–Kier alpha value is -2.37. The van der Waals surface area contributed by atoms with Crippen molar-refractivity contribution in [3.63, 3.8) is 0 Å². The summed E-state index contributed by atoms with van der Waals surface area (Å²) >= 11 is 7.55. The molecule has 6 heteroatoms. The summed E-state index contributed by atoms with van der Waals surface area (Å²) in [5.74, 6) is -0.898. The summed E-state index contributed by atoms with van der Waals surface area (Å²) in [6, 6.07) is 16.7. The number of anilines is 1. The van der Waals surface area contributed by atoms with Gasteiger partial charge in [0.15, 0.2) is 6.10 Å². The van der Waals surface area contributed by atoms with E-state index in [-0.39, 0.29) is 5.91 Å². The Balaban J connectivity index is 1.75. The average Bonchev–Trinajstić information content (AvgIpc) is 2.98. The summed E-state index contributed by atoms with van der Waals surface area (Å²) < 4.78 is 6.25. The number of thiophene rings is 1. The molecule has 3 rings (SSSR count). The van der Waals surface area contributed by atoms with Crippen LogP contribution in [0.2, 0.25) is 5.02 Å². The smallest absolute Gasteiger partial charge is 0.350 e. The number of halogens is 1. The minimum atomic E-state index is -0.918. The van der Waals surface area contributed by atoms with Crippen LogP contribution in [0.5, 0.6) is 0 Å². The number of para-hydroxylation sites is 1. The van der Waals surface area contributed by atoms with Gasteiger partial charge in [0.25, 0.3) is 5.91 Å². The quantitative estimate of drug-likeness (QED) is 0.619. The first-order valence-corrected chi connectivity index (χ1v) is 8.89. The van der Waals surface area contributed by atoms with Gasteiger partial charge in [-0.15, -0.1) is 11.3 Å². The zero-order chi connectivity index (χ0) is 18.0. The number of hydrogen-bond donors (Lipinski definition) is 0. The predicted molar refractivity (Wildman–Crippen MR) is 102 cm³/mol. The van der Waals surface area contributed by atoms with Gasteiger partial charge < -0.3 is 9.64 Å². The molecule has 128 valence electrons. The number of hydrogen-bond acceptors (Lipinski definition) is 4. The van der Waals surface area contributed by atoms with Crippen LogP contribution >= 0.6 is 22.9 Å². The number of ether oxygens (including phenoxy) is 1. The highest BCUT2D eigenvalue weighted by Crippen LogP contribution is 2.35. The summed E-state index contributed by atoms with van der Waals surface area (Å²) in [4.78, 5) is 26.7. The molecule has 2 aromatic carbocycles. The minimum absolute atomic E-state index is 0.309. The molecule has 1 aromatic heterocycles. The number of fused-ring (bicyclic) bond motifs is 1. The lowest BCUT2D eigenvalue weighted by molar-refractivity contribution is -0.126. The first-order valence-electron chi connectivity index (χ1n) is 7.69. The van der Waals surface area contributed by atoms with Gasteiger partial charge in [-0.25, -0.2) is 4.79 Å². The SMILES string of the molecule is C[C@@H](OC(=O)c1sc2ccccc2c1Cl)C(=O)N(C)c1ccccc1. The molecule has 4 nitrogen and oxygen atoms in total. The van der Waals surface area contributed by atoms with Crippen molar-refractivity contribution in [2.45, 2.75) is 13.0 Å². The molecule has 0 aliphatic carbocycles. The predicted octanol–water partition coefficient (Wildman–Crippen LogP) is 4.76. The van der Waals surface area contributed by atoms with Crippen molar-refractivity contribution in [2.24, 2.45) is 0 Å². The second kappa shape index (κ2) is 7.25. The zero-order valence-electron chi connectivity index (χ0n) is 13.7.